The molecule has 1 amide bonds. The van der Waals surface area contributed by atoms with Crippen LogP contribution < -0.4 is 0 Å². The van der Waals surface area contributed by atoms with Crippen molar-refractivity contribution in [3.63, 3.8) is 0 Å². The molecule has 0 radical (unpaired) electrons. The highest BCUT2D eigenvalue weighted by Crippen LogP contribution is 2.19. The molecule has 2 rings (SSSR count). The third-order valence-corrected chi connectivity index (χ3v) is 3.66. The highest BCUT2D eigenvalue weighted by atomic mass is 16.4. The fourth-order valence-corrected chi connectivity index (χ4v) is 2.41. The quantitative estimate of drug-likeness (QED) is 0.932. The van der Waals surface area contributed by atoms with Crippen LogP contribution in [0.4, 0.5) is 0 Å². The summed E-state index contributed by atoms with van der Waals surface area (Å²) in [6, 6.07) is 1.45. The lowest BCUT2D eigenvalue weighted by Crippen LogP contribution is -2.27. The lowest BCUT2D eigenvalue weighted by molar-refractivity contribution is 0.0694. The van der Waals surface area contributed by atoms with Crippen molar-refractivity contribution in [2.75, 3.05) is 7.05 Å². The molecule has 0 atom stereocenters. The van der Waals surface area contributed by atoms with Gasteiger partial charge in [0.25, 0.3) is 5.91 Å². The largest absolute Gasteiger partial charge is 0.478 e. The van der Waals surface area contributed by atoms with E-state index in [1.165, 1.54) is 11.0 Å². The van der Waals surface area contributed by atoms with Crippen molar-refractivity contribution in [1.82, 2.24) is 14.7 Å². The Morgan fingerprint density at radius 2 is 2.00 bits per heavy atom. The van der Waals surface area contributed by atoms with Gasteiger partial charge >= 0.3 is 5.97 Å². The number of carboxylic acids is 1. The molecule has 2 heterocycles. The van der Waals surface area contributed by atoms with Gasteiger partial charge in [0.15, 0.2) is 0 Å². The molecule has 0 aromatic carbocycles. The molecule has 0 aliphatic heterocycles. The Morgan fingerprint density at radius 3 is 2.45 bits per heavy atom. The smallest absolute Gasteiger partial charge is 0.339 e. The number of carboxylic acid groups (broad SMARTS) is 1. The molecular weight excluding hydrogens is 286 g/mol. The number of aromatic nitrogens is 2. The minimum atomic E-state index is -1.04. The molecule has 0 saturated carbocycles. The van der Waals surface area contributed by atoms with Crippen LogP contribution in [0, 0.1) is 20.8 Å². The first-order valence-corrected chi connectivity index (χ1v) is 6.80. The second-order valence-electron chi connectivity index (χ2n) is 5.32. The van der Waals surface area contributed by atoms with Crippen molar-refractivity contribution < 1.29 is 19.1 Å². The maximum atomic E-state index is 12.5. The number of aromatic carboxylic acids is 1. The third kappa shape index (κ3) is 2.74. The van der Waals surface area contributed by atoms with Crippen molar-refractivity contribution in [3.8, 4) is 0 Å². The predicted molar refractivity (Wildman–Crippen MR) is 78.9 cm³/mol. The zero-order valence-corrected chi connectivity index (χ0v) is 13.3. The van der Waals surface area contributed by atoms with E-state index in [-0.39, 0.29) is 18.0 Å². The van der Waals surface area contributed by atoms with Crippen LogP contribution in [0.3, 0.4) is 0 Å². The molecule has 0 bridgehead atoms. The molecule has 2 aromatic heterocycles. The fraction of sp³-hybridized carbons (Fsp3) is 0.400. The molecule has 7 nitrogen and oxygen atoms in total. The number of carbonyl (C=O) groups is 2. The topological polar surface area (TPSA) is 88.6 Å². The molecule has 0 saturated heterocycles. The number of aryl methyl sites for hydroxylation is 3. The van der Waals surface area contributed by atoms with Crippen LogP contribution in [0.15, 0.2) is 10.5 Å². The Labute approximate surface area is 128 Å². The number of furan rings is 1. The van der Waals surface area contributed by atoms with E-state index in [0.717, 1.165) is 5.69 Å². The molecule has 0 unspecified atom stereocenters. The zero-order valence-electron chi connectivity index (χ0n) is 13.3. The summed E-state index contributed by atoms with van der Waals surface area (Å²) >= 11 is 0. The van der Waals surface area contributed by atoms with E-state index < -0.39 is 5.97 Å². The van der Waals surface area contributed by atoms with Crippen LogP contribution in [0.5, 0.6) is 0 Å². The first kappa shape index (κ1) is 15.8. The Morgan fingerprint density at radius 1 is 1.36 bits per heavy atom. The minimum absolute atomic E-state index is 0.115. The van der Waals surface area contributed by atoms with Crippen molar-refractivity contribution in [2.45, 2.75) is 27.3 Å². The van der Waals surface area contributed by atoms with Crippen molar-refractivity contribution in [1.29, 1.82) is 0 Å². The van der Waals surface area contributed by atoms with E-state index in [1.807, 2.05) is 6.92 Å². The third-order valence-electron chi connectivity index (χ3n) is 3.66. The predicted octanol–water partition coefficient (Wildman–Crippen LogP) is 1.91. The van der Waals surface area contributed by atoms with Gasteiger partial charge < -0.3 is 14.4 Å². The summed E-state index contributed by atoms with van der Waals surface area (Å²) in [5.74, 6) is -0.448. The maximum Gasteiger partial charge on any atom is 0.339 e. The summed E-state index contributed by atoms with van der Waals surface area (Å²) in [4.78, 5) is 25.0. The average molecular weight is 305 g/mol. The SMILES string of the molecule is Cc1nn(C)c(C)c1C(=O)N(C)Cc1cc(C(=O)O)c(C)o1. The van der Waals surface area contributed by atoms with Crippen LogP contribution in [0.1, 0.15) is 43.6 Å². The van der Waals surface area contributed by atoms with E-state index in [2.05, 4.69) is 5.10 Å². The van der Waals surface area contributed by atoms with Crippen LogP contribution in [0.2, 0.25) is 0 Å². The first-order valence-electron chi connectivity index (χ1n) is 6.80. The van der Waals surface area contributed by atoms with Crippen LogP contribution >= 0.6 is 0 Å². The van der Waals surface area contributed by atoms with Gasteiger partial charge in [0.1, 0.15) is 17.1 Å². The van der Waals surface area contributed by atoms with Gasteiger partial charge in [-0.15, -0.1) is 0 Å². The number of hydrogen-bond acceptors (Lipinski definition) is 4. The standard InChI is InChI=1S/C15H19N3O4/c1-8-13(9(2)18(5)16-8)14(19)17(4)7-11-6-12(15(20)21)10(3)22-11/h6H,7H2,1-5H3,(H,20,21). The number of rotatable bonds is 4. The summed E-state index contributed by atoms with van der Waals surface area (Å²) < 4.78 is 7.07. The molecule has 22 heavy (non-hydrogen) atoms. The number of nitrogens with zero attached hydrogens (tertiary/aromatic N) is 3. The fourth-order valence-electron chi connectivity index (χ4n) is 2.41. The Bertz CT molecular complexity index is 742. The van der Waals surface area contributed by atoms with Crippen LogP contribution in [0.25, 0.3) is 0 Å². The monoisotopic (exact) mass is 305 g/mol. The molecule has 0 fully saturated rings. The van der Waals surface area contributed by atoms with E-state index >= 15 is 0 Å². The van der Waals surface area contributed by atoms with Crippen LogP contribution in [-0.2, 0) is 13.6 Å². The van der Waals surface area contributed by atoms with Gasteiger partial charge in [-0.05, 0) is 26.8 Å². The average Bonchev–Trinajstić information content (AvgIpc) is 2.90. The molecular formula is C15H19N3O4. The molecule has 118 valence electrons. The van der Waals surface area contributed by atoms with E-state index in [4.69, 9.17) is 9.52 Å². The second-order valence-corrected chi connectivity index (χ2v) is 5.32. The minimum Gasteiger partial charge on any atom is -0.478 e. The summed E-state index contributed by atoms with van der Waals surface area (Å²) in [6.07, 6.45) is 0. The Kier molecular flexibility index (Phi) is 4.07. The van der Waals surface area contributed by atoms with Gasteiger partial charge in [-0.2, -0.15) is 5.10 Å². The summed E-state index contributed by atoms with van der Waals surface area (Å²) in [5, 5.41) is 13.3. The van der Waals surface area contributed by atoms with E-state index in [9.17, 15) is 9.59 Å². The zero-order chi connectivity index (χ0) is 16.6. The molecule has 7 heteroatoms. The second kappa shape index (κ2) is 5.67. The lowest BCUT2D eigenvalue weighted by Gasteiger charge is -2.16. The number of hydrogen-bond donors (Lipinski definition) is 1. The molecule has 0 aliphatic carbocycles. The van der Waals surface area contributed by atoms with Crippen molar-refractivity contribution in [3.05, 3.63) is 40.1 Å². The maximum absolute atomic E-state index is 12.5. The van der Waals surface area contributed by atoms with Crippen molar-refractivity contribution in [2.24, 2.45) is 7.05 Å². The molecule has 1 N–H and O–H groups in total. The van der Waals surface area contributed by atoms with Crippen LogP contribution in [-0.4, -0.2) is 38.7 Å². The summed E-state index contributed by atoms with van der Waals surface area (Å²) in [6.45, 7) is 5.40. The summed E-state index contributed by atoms with van der Waals surface area (Å²) in [5.41, 5.74) is 2.13. The summed E-state index contributed by atoms with van der Waals surface area (Å²) in [7, 11) is 3.43. The van der Waals surface area contributed by atoms with Gasteiger partial charge in [-0.3, -0.25) is 9.48 Å². The Balaban J connectivity index is 2.22. The number of carbonyl (C=O) groups excluding carboxylic acids is 1. The normalized spacial score (nSPS) is 10.8. The first-order chi connectivity index (χ1) is 10.2. The van der Waals surface area contributed by atoms with Crippen molar-refractivity contribution >= 4 is 11.9 Å². The van der Waals surface area contributed by atoms with E-state index in [0.29, 0.717) is 22.8 Å². The van der Waals surface area contributed by atoms with E-state index in [1.54, 1.807) is 32.6 Å². The van der Waals surface area contributed by atoms with Gasteiger partial charge in [-0.1, -0.05) is 0 Å². The van der Waals surface area contributed by atoms with Gasteiger partial charge in [0.2, 0.25) is 0 Å². The number of amides is 1. The highest BCUT2D eigenvalue weighted by Gasteiger charge is 2.22. The lowest BCUT2D eigenvalue weighted by atomic mass is 10.1. The van der Waals surface area contributed by atoms with Gasteiger partial charge in [-0.25, -0.2) is 4.79 Å². The molecule has 0 spiro atoms. The molecule has 0 aliphatic rings. The Hall–Kier alpha value is -2.57. The molecule has 2 aromatic rings. The van der Waals surface area contributed by atoms with Gasteiger partial charge in [0, 0.05) is 19.8 Å². The highest BCUT2D eigenvalue weighted by molar-refractivity contribution is 5.96. The van der Waals surface area contributed by atoms with Gasteiger partial charge in [0.05, 0.1) is 17.8 Å².